The first-order chi connectivity index (χ1) is 15.7. The fourth-order valence-electron chi connectivity index (χ4n) is 1.76. The lowest BCUT2D eigenvalue weighted by Crippen LogP contribution is -2.21. The molecule has 5 N–H and O–H groups in total. The topological polar surface area (TPSA) is 136 Å². The van der Waals surface area contributed by atoms with Crippen LogP contribution in [0.25, 0.3) is 5.57 Å². The van der Waals surface area contributed by atoms with Crippen molar-refractivity contribution in [1.29, 1.82) is 0 Å². The summed E-state index contributed by atoms with van der Waals surface area (Å²) < 4.78 is 95.2. The molecule has 17 heteroatoms. The molecule has 1 aliphatic heterocycles. The summed E-state index contributed by atoms with van der Waals surface area (Å²) in [6.45, 7) is 2.09. The Kier molecular flexibility index (Phi) is 14.1. The van der Waals surface area contributed by atoms with Crippen LogP contribution in [0.2, 0.25) is 0 Å². The van der Waals surface area contributed by atoms with Gasteiger partial charge in [-0.05, 0) is 36.2 Å². The highest BCUT2D eigenvalue weighted by atomic mass is 19.4. The SMILES string of the molecule is CNc1cccc(C2=CCNCC2)c1.O=C(O)C(F)(F)F.O=C(O)C(F)(F)F.O=C(O)C(F)(F)F. The number of carboxylic acid groups (broad SMARTS) is 3. The molecule has 35 heavy (non-hydrogen) atoms. The second kappa shape index (κ2) is 14.7. The van der Waals surface area contributed by atoms with Gasteiger partial charge in [-0.1, -0.05) is 18.2 Å². The normalized spacial score (nSPS) is 13.3. The number of carbonyl (C=O) groups is 3. The van der Waals surface area contributed by atoms with Crippen LogP contribution in [0.5, 0.6) is 0 Å². The Morgan fingerprint density at radius 3 is 1.51 bits per heavy atom. The number of benzene rings is 1. The molecule has 0 bridgehead atoms. The van der Waals surface area contributed by atoms with Gasteiger partial charge >= 0.3 is 36.4 Å². The predicted molar refractivity (Wildman–Crippen MR) is 103 cm³/mol. The molecule has 1 aliphatic rings. The number of halogens is 9. The summed E-state index contributed by atoms with van der Waals surface area (Å²) in [6, 6.07) is 8.57. The number of hydrogen-bond donors (Lipinski definition) is 5. The zero-order valence-electron chi connectivity index (χ0n) is 17.5. The van der Waals surface area contributed by atoms with Crippen molar-refractivity contribution in [2.75, 3.05) is 25.5 Å². The first-order valence-electron chi connectivity index (χ1n) is 8.81. The summed E-state index contributed by atoms with van der Waals surface area (Å²) >= 11 is 0. The van der Waals surface area contributed by atoms with Crippen molar-refractivity contribution in [1.82, 2.24) is 5.32 Å². The van der Waals surface area contributed by atoms with E-state index in [0.717, 1.165) is 19.5 Å². The largest absolute Gasteiger partial charge is 0.490 e. The molecule has 8 nitrogen and oxygen atoms in total. The van der Waals surface area contributed by atoms with E-state index in [1.165, 1.54) is 16.8 Å². The highest BCUT2D eigenvalue weighted by molar-refractivity contribution is 5.73. The van der Waals surface area contributed by atoms with Crippen LogP contribution in [0, 0.1) is 0 Å². The second-order valence-electron chi connectivity index (χ2n) is 5.92. The number of aliphatic carboxylic acids is 3. The molecule has 0 saturated carbocycles. The first-order valence-corrected chi connectivity index (χ1v) is 8.81. The lowest BCUT2D eigenvalue weighted by atomic mass is 10.00. The van der Waals surface area contributed by atoms with Crippen molar-refractivity contribution in [3.8, 4) is 0 Å². The van der Waals surface area contributed by atoms with Crippen LogP contribution < -0.4 is 10.6 Å². The van der Waals surface area contributed by atoms with E-state index in [0.29, 0.717) is 0 Å². The summed E-state index contributed by atoms with van der Waals surface area (Å²) in [4.78, 5) is 26.7. The summed E-state index contributed by atoms with van der Waals surface area (Å²) in [6.07, 6.45) is -11.8. The zero-order valence-corrected chi connectivity index (χ0v) is 17.5. The third-order valence-electron chi connectivity index (χ3n) is 3.31. The van der Waals surface area contributed by atoms with Gasteiger partial charge in [-0.3, -0.25) is 0 Å². The van der Waals surface area contributed by atoms with Gasteiger partial charge < -0.3 is 26.0 Å². The van der Waals surface area contributed by atoms with Gasteiger partial charge in [-0.25, -0.2) is 14.4 Å². The van der Waals surface area contributed by atoms with Crippen molar-refractivity contribution < 1.29 is 69.2 Å². The number of nitrogens with one attached hydrogen (secondary N) is 2. The van der Waals surface area contributed by atoms with Gasteiger partial charge in [0, 0.05) is 19.3 Å². The molecule has 0 fully saturated rings. The van der Waals surface area contributed by atoms with Crippen LogP contribution in [0.3, 0.4) is 0 Å². The molecule has 0 aromatic heterocycles. The molecule has 0 spiro atoms. The van der Waals surface area contributed by atoms with Crippen LogP contribution in [-0.4, -0.2) is 71.9 Å². The van der Waals surface area contributed by atoms with Crippen molar-refractivity contribution >= 4 is 29.2 Å². The van der Waals surface area contributed by atoms with E-state index in [-0.39, 0.29) is 0 Å². The van der Waals surface area contributed by atoms with Crippen molar-refractivity contribution in [3.63, 3.8) is 0 Å². The maximum atomic E-state index is 10.6. The maximum Gasteiger partial charge on any atom is 0.490 e. The van der Waals surface area contributed by atoms with E-state index in [9.17, 15) is 39.5 Å². The van der Waals surface area contributed by atoms with Crippen LogP contribution >= 0.6 is 0 Å². The van der Waals surface area contributed by atoms with E-state index < -0.39 is 36.4 Å². The minimum atomic E-state index is -5.08. The third-order valence-corrected chi connectivity index (χ3v) is 3.31. The predicted octanol–water partition coefficient (Wildman–Crippen LogP) is 4.00. The lowest BCUT2D eigenvalue weighted by Gasteiger charge is -2.14. The molecule has 1 aromatic rings. The summed E-state index contributed by atoms with van der Waals surface area (Å²) in [7, 11) is 1.95. The van der Waals surface area contributed by atoms with Gasteiger partial charge in [0.05, 0.1) is 0 Å². The number of alkyl halides is 9. The van der Waals surface area contributed by atoms with Crippen LogP contribution in [0.1, 0.15) is 12.0 Å². The maximum absolute atomic E-state index is 10.6. The molecule has 0 amide bonds. The number of rotatable bonds is 2. The summed E-state index contributed by atoms with van der Waals surface area (Å²) in [5.41, 5.74) is 3.99. The van der Waals surface area contributed by atoms with Gasteiger partial charge in [0.25, 0.3) is 0 Å². The van der Waals surface area contributed by atoms with Gasteiger partial charge in [0.2, 0.25) is 0 Å². The van der Waals surface area contributed by atoms with Crippen LogP contribution in [-0.2, 0) is 14.4 Å². The first kappa shape index (κ1) is 33.7. The molecule has 0 atom stereocenters. The van der Waals surface area contributed by atoms with Gasteiger partial charge in [-0.2, -0.15) is 39.5 Å². The molecule has 1 heterocycles. The zero-order chi connectivity index (χ0) is 28.0. The van der Waals surface area contributed by atoms with E-state index >= 15 is 0 Å². The highest BCUT2D eigenvalue weighted by Crippen LogP contribution is 2.22. The second-order valence-corrected chi connectivity index (χ2v) is 5.92. The Hall–Kier alpha value is -3.50. The molecular formula is C18H19F9N2O6. The Bertz CT molecular complexity index is 808. The van der Waals surface area contributed by atoms with Crippen molar-refractivity contribution in [2.24, 2.45) is 0 Å². The number of anilines is 1. The average molecular weight is 530 g/mol. The lowest BCUT2D eigenvalue weighted by molar-refractivity contribution is -0.193. The average Bonchev–Trinajstić information content (AvgIpc) is 2.73. The van der Waals surface area contributed by atoms with E-state index in [4.69, 9.17) is 29.7 Å². The highest BCUT2D eigenvalue weighted by Gasteiger charge is 2.39. The third kappa shape index (κ3) is 16.7. The molecule has 0 radical (unpaired) electrons. The summed E-state index contributed by atoms with van der Waals surface area (Å²) in [5, 5.41) is 27.9. The minimum absolute atomic E-state index is 0.999. The number of carboxylic acids is 3. The van der Waals surface area contributed by atoms with Gasteiger partial charge in [0.1, 0.15) is 0 Å². The molecule has 0 aliphatic carbocycles. The molecule has 0 unspecified atom stereocenters. The Balaban J connectivity index is 0. The standard InChI is InChI=1S/C12H16N2.3C2HF3O2/c1-13-12-4-2-3-11(9-12)10-5-7-14-8-6-10;3*3-2(4,5)1(6)7/h2-5,9,13-14H,6-8H2,1H3;3*(H,6,7). The fourth-order valence-corrected chi connectivity index (χ4v) is 1.76. The Labute approximate surface area is 191 Å². The van der Waals surface area contributed by atoms with Crippen molar-refractivity contribution in [2.45, 2.75) is 24.9 Å². The van der Waals surface area contributed by atoms with E-state index in [1.807, 2.05) is 7.05 Å². The number of hydrogen-bond acceptors (Lipinski definition) is 5. The van der Waals surface area contributed by atoms with Crippen LogP contribution in [0.15, 0.2) is 30.3 Å². The molecule has 0 saturated heterocycles. The summed E-state index contributed by atoms with van der Waals surface area (Å²) in [5.74, 6) is -8.27. The van der Waals surface area contributed by atoms with Gasteiger partial charge in [0.15, 0.2) is 0 Å². The molecular weight excluding hydrogens is 511 g/mol. The van der Waals surface area contributed by atoms with E-state index in [1.54, 1.807) is 0 Å². The molecule has 1 aromatic carbocycles. The Morgan fingerprint density at radius 1 is 0.829 bits per heavy atom. The molecule has 2 rings (SSSR count). The van der Waals surface area contributed by atoms with E-state index in [2.05, 4.69) is 41.0 Å². The quantitative estimate of drug-likeness (QED) is 0.362. The monoisotopic (exact) mass is 530 g/mol. The van der Waals surface area contributed by atoms with Crippen LogP contribution in [0.4, 0.5) is 45.2 Å². The smallest absolute Gasteiger partial charge is 0.475 e. The molecule has 200 valence electrons. The fraction of sp³-hybridized carbons (Fsp3) is 0.389. The van der Waals surface area contributed by atoms with Gasteiger partial charge in [-0.15, -0.1) is 0 Å². The van der Waals surface area contributed by atoms with Crippen molar-refractivity contribution in [3.05, 3.63) is 35.9 Å². The Morgan fingerprint density at radius 2 is 1.23 bits per heavy atom. The minimum Gasteiger partial charge on any atom is -0.475 e.